The Morgan fingerprint density at radius 2 is 1.71 bits per heavy atom. The molecule has 164 valence electrons. The third-order valence-corrected chi connectivity index (χ3v) is 6.49. The molecular formula is C22H25FN4O3S. The maximum absolute atomic E-state index is 14.9. The molecule has 0 fully saturated rings. The number of aliphatic hydroxyl groups excluding tert-OH is 1. The van der Waals surface area contributed by atoms with E-state index in [0.29, 0.717) is 16.7 Å². The summed E-state index contributed by atoms with van der Waals surface area (Å²) in [6.07, 6.45) is 2.84. The number of sulfonamides is 1. The molecule has 3 aromatic rings. The summed E-state index contributed by atoms with van der Waals surface area (Å²) in [5.41, 5.74) is 6.46. The monoisotopic (exact) mass is 444 g/mol. The molecule has 1 unspecified atom stereocenters. The summed E-state index contributed by atoms with van der Waals surface area (Å²) in [7, 11) is -3.98. The fourth-order valence-corrected chi connectivity index (χ4v) is 4.73. The van der Waals surface area contributed by atoms with Gasteiger partial charge in [-0.2, -0.15) is 0 Å². The standard InChI is InChI=1S/C22H25FN4O3S/c1-22(2,3)20(13-28)27-31(29,30)19-7-5-4-6-17(19)14-8-9-16(18(23)10-14)15-11-25-21(24)26-12-15/h4-12,20,27-28H,13H2,1-3H3,(H2,24,25,26). The van der Waals surface area contributed by atoms with Crippen LogP contribution in [0.4, 0.5) is 10.3 Å². The SMILES string of the molecule is CC(C)(C)C(CO)NS(=O)(=O)c1ccccc1-c1ccc(-c2cnc(N)nc2)c(F)c1. The number of aliphatic hydroxyl groups is 1. The largest absolute Gasteiger partial charge is 0.395 e. The van der Waals surface area contributed by atoms with Gasteiger partial charge in [0.1, 0.15) is 5.82 Å². The van der Waals surface area contributed by atoms with Crippen LogP contribution in [-0.4, -0.2) is 36.1 Å². The number of aromatic nitrogens is 2. The number of benzene rings is 2. The molecule has 0 amide bonds. The smallest absolute Gasteiger partial charge is 0.241 e. The summed E-state index contributed by atoms with van der Waals surface area (Å²) in [5, 5.41) is 9.66. The lowest BCUT2D eigenvalue weighted by Gasteiger charge is -2.29. The van der Waals surface area contributed by atoms with Crippen LogP contribution in [0.25, 0.3) is 22.3 Å². The molecular weight excluding hydrogens is 419 g/mol. The molecule has 0 aliphatic rings. The van der Waals surface area contributed by atoms with Crippen molar-refractivity contribution in [2.45, 2.75) is 31.7 Å². The van der Waals surface area contributed by atoms with Crippen LogP contribution in [0.15, 0.2) is 59.8 Å². The van der Waals surface area contributed by atoms with Gasteiger partial charge in [-0.1, -0.05) is 51.1 Å². The Morgan fingerprint density at radius 1 is 1.06 bits per heavy atom. The van der Waals surface area contributed by atoms with Gasteiger partial charge in [-0.3, -0.25) is 0 Å². The topological polar surface area (TPSA) is 118 Å². The summed E-state index contributed by atoms with van der Waals surface area (Å²) in [6, 6.07) is 10.1. The van der Waals surface area contributed by atoms with Gasteiger partial charge < -0.3 is 10.8 Å². The molecule has 0 aliphatic heterocycles. The van der Waals surface area contributed by atoms with Gasteiger partial charge in [0.05, 0.1) is 11.5 Å². The molecule has 9 heteroatoms. The summed E-state index contributed by atoms with van der Waals surface area (Å²) < 4.78 is 43.7. The highest BCUT2D eigenvalue weighted by molar-refractivity contribution is 7.89. The number of nitrogen functional groups attached to an aromatic ring is 1. The van der Waals surface area contributed by atoms with Gasteiger partial charge in [0, 0.05) is 35.1 Å². The van der Waals surface area contributed by atoms with E-state index >= 15 is 0 Å². The van der Waals surface area contributed by atoms with Crippen LogP contribution in [-0.2, 0) is 10.0 Å². The zero-order chi connectivity index (χ0) is 22.8. The minimum atomic E-state index is -3.98. The third kappa shape index (κ3) is 5.07. The number of anilines is 1. The lowest BCUT2D eigenvalue weighted by Crippen LogP contribution is -2.46. The minimum absolute atomic E-state index is 0.000619. The van der Waals surface area contributed by atoms with Crippen molar-refractivity contribution in [3.8, 4) is 22.3 Å². The summed E-state index contributed by atoms with van der Waals surface area (Å²) in [5.74, 6) is -0.460. The number of hydrogen-bond donors (Lipinski definition) is 3. The van der Waals surface area contributed by atoms with Crippen molar-refractivity contribution in [1.29, 1.82) is 0 Å². The van der Waals surface area contributed by atoms with E-state index in [1.165, 1.54) is 24.5 Å². The second kappa shape index (κ2) is 8.70. The molecule has 31 heavy (non-hydrogen) atoms. The fraction of sp³-hybridized carbons (Fsp3) is 0.273. The van der Waals surface area contributed by atoms with E-state index in [0.717, 1.165) is 0 Å². The predicted molar refractivity (Wildman–Crippen MR) is 118 cm³/mol. The maximum atomic E-state index is 14.9. The molecule has 1 heterocycles. The van der Waals surface area contributed by atoms with E-state index in [2.05, 4.69) is 14.7 Å². The third-order valence-electron chi connectivity index (χ3n) is 4.96. The zero-order valence-electron chi connectivity index (χ0n) is 17.5. The van der Waals surface area contributed by atoms with Gasteiger partial charge in [-0.15, -0.1) is 0 Å². The Morgan fingerprint density at radius 3 is 2.29 bits per heavy atom. The van der Waals surface area contributed by atoms with Gasteiger partial charge in [0.2, 0.25) is 16.0 Å². The molecule has 4 N–H and O–H groups in total. The number of rotatable bonds is 6. The van der Waals surface area contributed by atoms with Gasteiger partial charge in [0.15, 0.2) is 0 Å². The molecule has 2 aromatic carbocycles. The van der Waals surface area contributed by atoms with Crippen LogP contribution in [0.1, 0.15) is 20.8 Å². The first-order valence-electron chi connectivity index (χ1n) is 9.63. The van der Waals surface area contributed by atoms with Crippen LogP contribution in [0.3, 0.4) is 0 Å². The summed E-state index contributed by atoms with van der Waals surface area (Å²) >= 11 is 0. The highest BCUT2D eigenvalue weighted by atomic mass is 32.2. The Hall–Kier alpha value is -2.88. The molecule has 0 saturated heterocycles. The highest BCUT2D eigenvalue weighted by Gasteiger charge is 2.30. The molecule has 1 aromatic heterocycles. The van der Waals surface area contributed by atoms with Crippen molar-refractivity contribution in [3.05, 3.63) is 60.7 Å². The Kier molecular flexibility index (Phi) is 6.40. The van der Waals surface area contributed by atoms with E-state index in [4.69, 9.17) is 5.73 Å². The van der Waals surface area contributed by atoms with Gasteiger partial charge in [-0.25, -0.2) is 27.5 Å². The van der Waals surface area contributed by atoms with Gasteiger partial charge in [-0.05, 0) is 23.1 Å². The van der Waals surface area contributed by atoms with Gasteiger partial charge >= 0.3 is 0 Å². The predicted octanol–water partition coefficient (Wildman–Crippen LogP) is 3.22. The van der Waals surface area contributed by atoms with E-state index in [1.807, 2.05) is 20.8 Å². The van der Waals surface area contributed by atoms with E-state index in [-0.39, 0.29) is 23.0 Å². The minimum Gasteiger partial charge on any atom is -0.395 e. The lowest BCUT2D eigenvalue weighted by molar-refractivity contribution is 0.177. The molecule has 0 spiro atoms. The lowest BCUT2D eigenvalue weighted by atomic mass is 9.88. The van der Waals surface area contributed by atoms with Crippen molar-refractivity contribution in [1.82, 2.24) is 14.7 Å². The second-order valence-corrected chi connectivity index (χ2v) is 9.93. The maximum Gasteiger partial charge on any atom is 0.241 e. The van der Waals surface area contributed by atoms with Crippen LogP contribution in [0.5, 0.6) is 0 Å². The molecule has 0 bridgehead atoms. The number of hydrogen-bond acceptors (Lipinski definition) is 6. The Labute approximate surface area is 181 Å². The van der Waals surface area contributed by atoms with E-state index in [9.17, 15) is 17.9 Å². The highest BCUT2D eigenvalue weighted by Crippen LogP contribution is 2.32. The van der Waals surface area contributed by atoms with Crippen molar-refractivity contribution in [3.63, 3.8) is 0 Å². The molecule has 0 aliphatic carbocycles. The molecule has 0 saturated carbocycles. The average Bonchev–Trinajstić information content (AvgIpc) is 2.72. The molecule has 7 nitrogen and oxygen atoms in total. The van der Waals surface area contributed by atoms with Crippen LogP contribution in [0, 0.1) is 11.2 Å². The first kappa shape index (κ1) is 22.8. The number of nitrogens with zero attached hydrogens (tertiary/aromatic N) is 2. The molecule has 1 atom stereocenters. The summed E-state index contributed by atoms with van der Waals surface area (Å²) in [6.45, 7) is 5.14. The first-order chi connectivity index (χ1) is 14.5. The average molecular weight is 445 g/mol. The number of halogens is 1. The Bertz CT molecular complexity index is 1180. The van der Waals surface area contributed by atoms with Crippen LogP contribution >= 0.6 is 0 Å². The second-order valence-electron chi connectivity index (χ2n) is 8.24. The zero-order valence-corrected chi connectivity index (χ0v) is 18.3. The van der Waals surface area contributed by atoms with Crippen molar-refractivity contribution < 1.29 is 17.9 Å². The summed E-state index contributed by atoms with van der Waals surface area (Å²) in [4.78, 5) is 7.74. The number of nitrogens with one attached hydrogen (secondary N) is 1. The van der Waals surface area contributed by atoms with Crippen LogP contribution < -0.4 is 10.5 Å². The van der Waals surface area contributed by atoms with E-state index < -0.39 is 27.3 Å². The normalized spacial score (nSPS) is 13.2. The van der Waals surface area contributed by atoms with Crippen molar-refractivity contribution >= 4 is 16.0 Å². The quantitative estimate of drug-likeness (QED) is 0.537. The molecule has 0 radical (unpaired) electrons. The Balaban J connectivity index is 2.02. The first-order valence-corrected chi connectivity index (χ1v) is 11.1. The fourth-order valence-electron chi connectivity index (χ4n) is 3.07. The van der Waals surface area contributed by atoms with Crippen molar-refractivity contribution in [2.24, 2.45) is 5.41 Å². The van der Waals surface area contributed by atoms with Crippen molar-refractivity contribution in [2.75, 3.05) is 12.3 Å². The van der Waals surface area contributed by atoms with Crippen LogP contribution in [0.2, 0.25) is 0 Å². The molecule has 3 rings (SSSR count). The number of nitrogens with two attached hydrogens (primary N) is 1. The van der Waals surface area contributed by atoms with E-state index in [1.54, 1.807) is 30.3 Å². The van der Waals surface area contributed by atoms with Gasteiger partial charge in [0.25, 0.3) is 0 Å².